The maximum atomic E-state index is 13.5. The van der Waals surface area contributed by atoms with Crippen LogP contribution in [0.25, 0.3) is 0 Å². The zero-order chi connectivity index (χ0) is 14.5. The zero-order valence-corrected chi connectivity index (χ0v) is 12.5. The standard InChI is InChI=1S/C15H24FN3O/c1-4-14-10-20-11(3)9-19(14)15-12(7-17-5-2)6-13(16)8-18-15/h6,8,11,14,17H,4-5,7,9-10H2,1-3H3. The molecule has 0 radical (unpaired) electrons. The highest BCUT2D eigenvalue weighted by atomic mass is 19.1. The lowest BCUT2D eigenvalue weighted by Crippen LogP contribution is -2.49. The largest absolute Gasteiger partial charge is 0.375 e. The van der Waals surface area contributed by atoms with E-state index in [2.05, 4.69) is 29.0 Å². The molecule has 1 saturated heterocycles. The number of anilines is 1. The molecule has 0 spiro atoms. The molecule has 1 aliphatic heterocycles. The van der Waals surface area contributed by atoms with Gasteiger partial charge in [-0.25, -0.2) is 9.37 Å². The summed E-state index contributed by atoms with van der Waals surface area (Å²) in [6, 6.07) is 1.89. The molecule has 0 aromatic carbocycles. The number of pyridine rings is 1. The molecular weight excluding hydrogens is 257 g/mol. The van der Waals surface area contributed by atoms with Crippen molar-refractivity contribution in [2.45, 2.75) is 45.9 Å². The quantitative estimate of drug-likeness (QED) is 0.899. The second-order valence-electron chi connectivity index (χ2n) is 5.27. The number of nitrogens with zero attached hydrogens (tertiary/aromatic N) is 2. The van der Waals surface area contributed by atoms with E-state index in [1.165, 1.54) is 6.20 Å². The number of halogens is 1. The van der Waals surface area contributed by atoms with E-state index in [0.29, 0.717) is 19.2 Å². The van der Waals surface area contributed by atoms with Crippen molar-refractivity contribution in [3.8, 4) is 0 Å². The highest BCUT2D eigenvalue weighted by molar-refractivity contribution is 5.48. The van der Waals surface area contributed by atoms with Crippen LogP contribution in [0.15, 0.2) is 12.3 Å². The number of hydrogen-bond donors (Lipinski definition) is 1. The molecule has 1 aromatic rings. The average Bonchev–Trinajstić information content (AvgIpc) is 2.45. The van der Waals surface area contributed by atoms with Crippen LogP contribution in [0.4, 0.5) is 10.2 Å². The van der Waals surface area contributed by atoms with Crippen molar-refractivity contribution in [2.24, 2.45) is 0 Å². The van der Waals surface area contributed by atoms with Crippen molar-refractivity contribution in [3.05, 3.63) is 23.6 Å². The highest BCUT2D eigenvalue weighted by Crippen LogP contribution is 2.25. The summed E-state index contributed by atoms with van der Waals surface area (Å²) >= 11 is 0. The van der Waals surface area contributed by atoms with E-state index < -0.39 is 0 Å². The van der Waals surface area contributed by atoms with Crippen molar-refractivity contribution in [1.29, 1.82) is 0 Å². The Hall–Kier alpha value is -1.20. The molecule has 0 bridgehead atoms. The first kappa shape index (κ1) is 15.2. The first-order valence-electron chi connectivity index (χ1n) is 7.39. The van der Waals surface area contributed by atoms with Gasteiger partial charge in [-0.1, -0.05) is 13.8 Å². The number of ether oxygens (including phenoxy) is 1. The molecule has 1 aromatic heterocycles. The fourth-order valence-corrected chi connectivity index (χ4v) is 2.56. The number of morpholine rings is 1. The first-order chi connectivity index (χ1) is 9.65. The minimum Gasteiger partial charge on any atom is -0.375 e. The Morgan fingerprint density at radius 1 is 1.50 bits per heavy atom. The lowest BCUT2D eigenvalue weighted by atomic mass is 10.1. The predicted molar refractivity (Wildman–Crippen MR) is 78.4 cm³/mol. The monoisotopic (exact) mass is 281 g/mol. The molecule has 112 valence electrons. The molecule has 5 heteroatoms. The lowest BCUT2D eigenvalue weighted by Gasteiger charge is -2.40. The summed E-state index contributed by atoms with van der Waals surface area (Å²) in [6.45, 7) is 9.24. The molecule has 2 atom stereocenters. The summed E-state index contributed by atoms with van der Waals surface area (Å²) in [5.74, 6) is 0.602. The van der Waals surface area contributed by atoms with E-state index in [9.17, 15) is 4.39 Å². The summed E-state index contributed by atoms with van der Waals surface area (Å²) in [7, 11) is 0. The Balaban J connectivity index is 2.28. The molecule has 2 rings (SSSR count). The molecule has 2 unspecified atom stereocenters. The van der Waals surface area contributed by atoms with Gasteiger partial charge in [0.15, 0.2) is 0 Å². The Labute approximate surface area is 120 Å². The van der Waals surface area contributed by atoms with E-state index >= 15 is 0 Å². The molecule has 1 aliphatic rings. The third-order valence-electron chi connectivity index (χ3n) is 3.69. The number of aromatic nitrogens is 1. The molecule has 1 N–H and O–H groups in total. The van der Waals surface area contributed by atoms with Crippen LogP contribution in [-0.4, -0.2) is 36.8 Å². The Morgan fingerprint density at radius 2 is 2.30 bits per heavy atom. The van der Waals surface area contributed by atoms with E-state index in [1.807, 2.05) is 6.92 Å². The molecule has 0 saturated carbocycles. The lowest BCUT2D eigenvalue weighted by molar-refractivity contribution is 0.0295. The van der Waals surface area contributed by atoms with Gasteiger partial charge < -0.3 is 15.0 Å². The summed E-state index contributed by atoms with van der Waals surface area (Å²) < 4.78 is 19.2. The van der Waals surface area contributed by atoms with Gasteiger partial charge in [-0.15, -0.1) is 0 Å². The zero-order valence-electron chi connectivity index (χ0n) is 12.5. The number of hydrogen-bond acceptors (Lipinski definition) is 4. The van der Waals surface area contributed by atoms with E-state index in [0.717, 1.165) is 30.9 Å². The van der Waals surface area contributed by atoms with Crippen molar-refractivity contribution in [3.63, 3.8) is 0 Å². The van der Waals surface area contributed by atoms with Crippen LogP contribution < -0.4 is 10.2 Å². The van der Waals surface area contributed by atoms with Gasteiger partial charge in [-0.2, -0.15) is 0 Å². The van der Waals surface area contributed by atoms with Crippen molar-refractivity contribution in [2.75, 3.05) is 24.6 Å². The second-order valence-corrected chi connectivity index (χ2v) is 5.27. The van der Waals surface area contributed by atoms with Crippen LogP contribution in [0, 0.1) is 5.82 Å². The SMILES string of the molecule is CCNCc1cc(F)cnc1N1CC(C)OCC1CC. The Morgan fingerprint density at radius 3 is 3.00 bits per heavy atom. The minimum atomic E-state index is -0.281. The second kappa shape index (κ2) is 6.99. The van der Waals surface area contributed by atoms with Crippen LogP contribution in [-0.2, 0) is 11.3 Å². The topological polar surface area (TPSA) is 37.4 Å². The number of rotatable bonds is 5. The van der Waals surface area contributed by atoms with Crippen LogP contribution in [0.3, 0.4) is 0 Å². The molecule has 2 heterocycles. The fraction of sp³-hybridized carbons (Fsp3) is 0.667. The minimum absolute atomic E-state index is 0.177. The third kappa shape index (κ3) is 3.46. The molecule has 20 heavy (non-hydrogen) atoms. The molecule has 0 aliphatic carbocycles. The molecule has 1 fully saturated rings. The van der Waals surface area contributed by atoms with Gasteiger partial charge in [0, 0.05) is 18.7 Å². The van der Waals surface area contributed by atoms with Crippen LogP contribution in [0.5, 0.6) is 0 Å². The van der Waals surface area contributed by atoms with E-state index in [1.54, 1.807) is 6.07 Å². The normalized spacial score (nSPS) is 23.1. The van der Waals surface area contributed by atoms with Gasteiger partial charge >= 0.3 is 0 Å². The Bertz CT molecular complexity index is 441. The van der Waals surface area contributed by atoms with Gasteiger partial charge in [-0.05, 0) is 26.0 Å². The van der Waals surface area contributed by atoms with Gasteiger partial charge in [0.1, 0.15) is 11.6 Å². The predicted octanol–water partition coefficient (Wildman–Crippen LogP) is 2.33. The summed E-state index contributed by atoms with van der Waals surface area (Å²) in [5.41, 5.74) is 0.916. The van der Waals surface area contributed by atoms with Crippen LogP contribution >= 0.6 is 0 Å². The van der Waals surface area contributed by atoms with Crippen LogP contribution in [0.1, 0.15) is 32.8 Å². The average molecular weight is 281 g/mol. The highest BCUT2D eigenvalue weighted by Gasteiger charge is 2.28. The maximum absolute atomic E-state index is 13.5. The molecule has 4 nitrogen and oxygen atoms in total. The summed E-state index contributed by atoms with van der Waals surface area (Å²) in [6.07, 6.45) is 2.47. The van der Waals surface area contributed by atoms with E-state index in [-0.39, 0.29) is 11.9 Å². The van der Waals surface area contributed by atoms with Crippen molar-refractivity contribution >= 4 is 5.82 Å². The summed E-state index contributed by atoms with van der Waals surface area (Å²) in [5, 5.41) is 3.25. The first-order valence-corrected chi connectivity index (χ1v) is 7.39. The van der Waals surface area contributed by atoms with Gasteiger partial charge in [0.2, 0.25) is 0 Å². The van der Waals surface area contributed by atoms with Crippen molar-refractivity contribution < 1.29 is 9.13 Å². The molecular formula is C15H24FN3O. The Kier molecular flexibility index (Phi) is 5.31. The van der Waals surface area contributed by atoms with E-state index in [4.69, 9.17) is 4.74 Å². The molecule has 0 amide bonds. The summed E-state index contributed by atoms with van der Waals surface area (Å²) in [4.78, 5) is 6.61. The third-order valence-corrected chi connectivity index (χ3v) is 3.69. The van der Waals surface area contributed by atoms with Gasteiger partial charge in [0.05, 0.1) is 24.9 Å². The fourth-order valence-electron chi connectivity index (χ4n) is 2.56. The van der Waals surface area contributed by atoms with Gasteiger partial charge in [-0.3, -0.25) is 0 Å². The maximum Gasteiger partial charge on any atom is 0.141 e. The van der Waals surface area contributed by atoms with Gasteiger partial charge in [0.25, 0.3) is 0 Å². The van der Waals surface area contributed by atoms with Crippen LogP contribution in [0.2, 0.25) is 0 Å². The van der Waals surface area contributed by atoms with Crippen molar-refractivity contribution in [1.82, 2.24) is 10.3 Å². The number of nitrogens with one attached hydrogen (secondary N) is 1. The smallest absolute Gasteiger partial charge is 0.141 e.